The lowest BCUT2D eigenvalue weighted by molar-refractivity contribution is -0.0514. The SMILES string of the molecule is c1ccn(-c2cncc(-c3cn(Cc4cn5cc(CNCC67CC8CC(CC(C8)C6)C7)ccc5n4)nn3)c2)c1. The highest BCUT2D eigenvalue weighted by Crippen LogP contribution is 2.59. The van der Waals surface area contributed by atoms with Crippen molar-refractivity contribution in [2.45, 2.75) is 51.6 Å². The Hall–Kier alpha value is -3.78. The second kappa shape index (κ2) is 9.16. The van der Waals surface area contributed by atoms with Crippen LogP contribution in [-0.2, 0) is 13.1 Å². The molecule has 4 aliphatic rings. The molecule has 0 aromatic carbocycles. The number of hydrogen-bond donors (Lipinski definition) is 1. The molecule has 9 rings (SSSR count). The standard InChI is InChI=1S/C31H34N8/c1-2-6-37(5-1)28-10-26(15-32-16-28)29-20-39(36-35-29)19-27-18-38-17-22(3-4-30(38)34-27)14-33-21-31-11-23-7-24(12-31)9-25(8-23)13-31/h1-6,10,15-18,20,23-25,33H,7-9,11-14,19,21H2. The Balaban J connectivity index is 0.928. The summed E-state index contributed by atoms with van der Waals surface area (Å²) in [6.07, 6.45) is 22.8. The Bertz CT molecular complexity index is 1580. The second-order valence-electron chi connectivity index (χ2n) is 12.4. The molecule has 0 unspecified atom stereocenters. The van der Waals surface area contributed by atoms with Crippen LogP contribution < -0.4 is 5.32 Å². The maximum absolute atomic E-state index is 4.82. The summed E-state index contributed by atoms with van der Waals surface area (Å²) in [4.78, 5) is 9.22. The first kappa shape index (κ1) is 23.1. The summed E-state index contributed by atoms with van der Waals surface area (Å²) in [6.45, 7) is 2.65. The third kappa shape index (κ3) is 4.46. The number of nitrogens with one attached hydrogen (secondary N) is 1. The van der Waals surface area contributed by atoms with Gasteiger partial charge >= 0.3 is 0 Å². The molecule has 8 nitrogen and oxygen atoms in total. The minimum Gasteiger partial charge on any atom is -0.322 e. The highest BCUT2D eigenvalue weighted by Gasteiger charge is 2.50. The number of nitrogens with zero attached hydrogens (tertiary/aromatic N) is 7. The summed E-state index contributed by atoms with van der Waals surface area (Å²) >= 11 is 0. The van der Waals surface area contributed by atoms with E-state index >= 15 is 0 Å². The van der Waals surface area contributed by atoms with Crippen molar-refractivity contribution in [2.75, 3.05) is 6.54 Å². The van der Waals surface area contributed by atoms with Crippen molar-refractivity contribution >= 4 is 5.65 Å². The number of rotatable bonds is 8. The van der Waals surface area contributed by atoms with Crippen LogP contribution in [0, 0.1) is 23.2 Å². The molecule has 4 saturated carbocycles. The van der Waals surface area contributed by atoms with Crippen LogP contribution in [-0.4, -0.2) is 40.5 Å². The van der Waals surface area contributed by atoms with E-state index in [1.54, 1.807) is 0 Å². The number of imidazole rings is 1. The van der Waals surface area contributed by atoms with E-state index in [0.717, 1.165) is 52.6 Å². The average Bonchev–Trinajstić information content (AvgIpc) is 3.69. The fraction of sp³-hybridized carbons (Fsp3) is 0.419. The first-order valence-corrected chi connectivity index (χ1v) is 14.3. The van der Waals surface area contributed by atoms with Crippen molar-refractivity contribution in [3.63, 3.8) is 0 Å². The van der Waals surface area contributed by atoms with Crippen molar-refractivity contribution in [1.82, 2.24) is 39.2 Å². The molecule has 0 atom stereocenters. The summed E-state index contributed by atoms with van der Waals surface area (Å²) in [6, 6.07) is 10.4. The van der Waals surface area contributed by atoms with Crippen LogP contribution in [0.25, 0.3) is 22.6 Å². The van der Waals surface area contributed by atoms with Gasteiger partial charge in [0.15, 0.2) is 0 Å². The summed E-state index contributed by atoms with van der Waals surface area (Å²) < 4.78 is 6.01. The lowest BCUT2D eigenvalue weighted by atomic mass is 9.49. The zero-order valence-electron chi connectivity index (χ0n) is 22.2. The van der Waals surface area contributed by atoms with E-state index in [0.29, 0.717) is 12.0 Å². The highest BCUT2D eigenvalue weighted by atomic mass is 15.4. The molecule has 0 radical (unpaired) electrons. The molecular formula is C31H34N8. The monoisotopic (exact) mass is 518 g/mol. The van der Waals surface area contributed by atoms with Crippen molar-refractivity contribution in [2.24, 2.45) is 23.2 Å². The summed E-state index contributed by atoms with van der Waals surface area (Å²) in [7, 11) is 0. The molecule has 5 aromatic rings. The van der Waals surface area contributed by atoms with Gasteiger partial charge in [0.25, 0.3) is 0 Å². The molecular weight excluding hydrogens is 484 g/mol. The Morgan fingerprint density at radius 3 is 2.51 bits per heavy atom. The molecule has 198 valence electrons. The van der Waals surface area contributed by atoms with Gasteiger partial charge in [0, 0.05) is 49.6 Å². The molecule has 0 saturated heterocycles. The van der Waals surface area contributed by atoms with Gasteiger partial charge in [-0.1, -0.05) is 11.3 Å². The summed E-state index contributed by atoms with van der Waals surface area (Å²) in [5, 5.41) is 12.6. The quantitative estimate of drug-likeness (QED) is 0.308. The minimum atomic E-state index is 0.567. The topological polar surface area (TPSA) is 77.9 Å². The van der Waals surface area contributed by atoms with E-state index in [1.165, 1.54) is 50.6 Å². The molecule has 5 heterocycles. The third-order valence-corrected chi connectivity index (χ3v) is 9.34. The fourth-order valence-corrected chi connectivity index (χ4v) is 8.14. The summed E-state index contributed by atoms with van der Waals surface area (Å²) in [5.41, 5.74) is 6.52. The first-order valence-electron chi connectivity index (χ1n) is 14.3. The number of aromatic nitrogens is 7. The Morgan fingerprint density at radius 2 is 1.72 bits per heavy atom. The minimum absolute atomic E-state index is 0.567. The van der Waals surface area contributed by atoms with Crippen LogP contribution in [0.3, 0.4) is 0 Å². The smallest absolute Gasteiger partial charge is 0.137 e. The maximum atomic E-state index is 4.82. The predicted molar refractivity (Wildman–Crippen MR) is 149 cm³/mol. The number of pyridine rings is 2. The molecule has 4 fully saturated rings. The van der Waals surface area contributed by atoms with Gasteiger partial charge in [0.05, 0.1) is 30.3 Å². The van der Waals surface area contributed by atoms with Gasteiger partial charge in [0.1, 0.15) is 11.3 Å². The number of fused-ring (bicyclic) bond motifs is 1. The normalized spacial score (nSPS) is 25.6. The van der Waals surface area contributed by atoms with Crippen LogP contribution in [0.1, 0.15) is 49.8 Å². The van der Waals surface area contributed by atoms with Gasteiger partial charge in [0.2, 0.25) is 0 Å². The predicted octanol–water partition coefficient (Wildman–Crippen LogP) is 5.13. The van der Waals surface area contributed by atoms with Gasteiger partial charge in [-0.2, -0.15) is 0 Å². The zero-order valence-corrected chi connectivity index (χ0v) is 22.2. The molecule has 0 aliphatic heterocycles. The molecule has 1 N–H and O–H groups in total. The molecule has 4 bridgehead atoms. The zero-order chi connectivity index (χ0) is 25.8. The Kier molecular flexibility index (Phi) is 5.43. The van der Waals surface area contributed by atoms with E-state index in [4.69, 9.17) is 4.98 Å². The van der Waals surface area contributed by atoms with Gasteiger partial charge in [-0.25, -0.2) is 9.67 Å². The van der Waals surface area contributed by atoms with Crippen molar-refractivity contribution < 1.29 is 0 Å². The highest BCUT2D eigenvalue weighted by molar-refractivity contribution is 5.59. The van der Waals surface area contributed by atoms with Crippen molar-refractivity contribution in [3.8, 4) is 16.9 Å². The molecule has 8 heteroatoms. The van der Waals surface area contributed by atoms with Gasteiger partial charge < -0.3 is 14.3 Å². The lowest BCUT2D eigenvalue weighted by Crippen LogP contribution is -2.50. The van der Waals surface area contributed by atoms with Gasteiger partial charge in [-0.15, -0.1) is 5.10 Å². The van der Waals surface area contributed by atoms with Crippen LogP contribution in [0.4, 0.5) is 0 Å². The first-order chi connectivity index (χ1) is 19.2. The second-order valence-corrected chi connectivity index (χ2v) is 12.4. The molecule has 39 heavy (non-hydrogen) atoms. The van der Waals surface area contributed by atoms with E-state index in [1.807, 2.05) is 52.4 Å². The molecule has 5 aromatic heterocycles. The van der Waals surface area contributed by atoms with E-state index in [9.17, 15) is 0 Å². The van der Waals surface area contributed by atoms with Gasteiger partial charge in [-0.05, 0) is 91.5 Å². The molecule has 4 aliphatic carbocycles. The third-order valence-electron chi connectivity index (χ3n) is 9.34. The van der Waals surface area contributed by atoms with E-state index in [-0.39, 0.29) is 0 Å². The van der Waals surface area contributed by atoms with Crippen molar-refractivity contribution in [1.29, 1.82) is 0 Å². The maximum Gasteiger partial charge on any atom is 0.137 e. The van der Waals surface area contributed by atoms with Crippen LogP contribution in [0.15, 0.2) is 73.7 Å². The van der Waals surface area contributed by atoms with Crippen LogP contribution in [0.2, 0.25) is 0 Å². The number of hydrogen-bond acceptors (Lipinski definition) is 5. The molecule has 0 spiro atoms. The Labute approximate surface area is 228 Å². The summed E-state index contributed by atoms with van der Waals surface area (Å²) in [5.74, 6) is 3.02. The lowest BCUT2D eigenvalue weighted by Gasteiger charge is -2.57. The van der Waals surface area contributed by atoms with Gasteiger partial charge in [-0.3, -0.25) is 4.98 Å². The fourth-order valence-electron chi connectivity index (χ4n) is 8.14. The largest absolute Gasteiger partial charge is 0.322 e. The Morgan fingerprint density at radius 1 is 0.923 bits per heavy atom. The van der Waals surface area contributed by atoms with Crippen LogP contribution in [0.5, 0.6) is 0 Å². The van der Waals surface area contributed by atoms with Crippen molar-refractivity contribution in [3.05, 3.63) is 85.0 Å². The molecule has 0 amide bonds. The average molecular weight is 519 g/mol. The van der Waals surface area contributed by atoms with Crippen LogP contribution >= 0.6 is 0 Å². The van der Waals surface area contributed by atoms with E-state index < -0.39 is 0 Å². The van der Waals surface area contributed by atoms with E-state index in [2.05, 4.69) is 55.6 Å².